The molecule has 2 rings (SSSR count). The van der Waals surface area contributed by atoms with Gasteiger partial charge in [0.2, 0.25) is 0 Å². The van der Waals surface area contributed by atoms with Gasteiger partial charge in [0.1, 0.15) is 17.3 Å². The standard InChI is InChI=1S/C19H19ClFNO5/c20-16-10-14(21)5-8-17(16)27-12-18(23)22-11-13-3-6-15(7-4-13)26-9-1-2-19(24)25/h3-8,10H,1-2,9,11-12H2,(H,22,23)(H,24,25). The molecule has 27 heavy (non-hydrogen) atoms. The molecule has 1 amide bonds. The molecule has 6 nitrogen and oxygen atoms in total. The second-order valence-corrected chi connectivity index (χ2v) is 6.04. The summed E-state index contributed by atoms with van der Waals surface area (Å²) >= 11 is 5.82. The first-order valence-electron chi connectivity index (χ1n) is 8.22. The number of ether oxygens (including phenoxy) is 2. The molecule has 8 heteroatoms. The Kier molecular flexibility index (Phi) is 7.88. The van der Waals surface area contributed by atoms with Crippen LogP contribution < -0.4 is 14.8 Å². The van der Waals surface area contributed by atoms with Gasteiger partial charge in [0, 0.05) is 13.0 Å². The van der Waals surface area contributed by atoms with Gasteiger partial charge in [0.05, 0.1) is 11.6 Å². The van der Waals surface area contributed by atoms with Gasteiger partial charge in [-0.3, -0.25) is 9.59 Å². The highest BCUT2D eigenvalue weighted by atomic mass is 35.5. The van der Waals surface area contributed by atoms with Crippen LogP contribution in [0.5, 0.6) is 11.5 Å². The first-order chi connectivity index (χ1) is 12.9. The molecule has 0 heterocycles. The Morgan fingerprint density at radius 3 is 2.52 bits per heavy atom. The highest BCUT2D eigenvalue weighted by molar-refractivity contribution is 6.32. The Morgan fingerprint density at radius 2 is 1.85 bits per heavy atom. The smallest absolute Gasteiger partial charge is 0.303 e. The van der Waals surface area contributed by atoms with E-state index in [1.807, 2.05) is 0 Å². The highest BCUT2D eigenvalue weighted by Crippen LogP contribution is 2.24. The first-order valence-corrected chi connectivity index (χ1v) is 8.60. The summed E-state index contributed by atoms with van der Waals surface area (Å²) in [6.07, 6.45) is 0.501. The topological polar surface area (TPSA) is 84.9 Å². The number of hydrogen-bond donors (Lipinski definition) is 2. The molecule has 0 aliphatic rings. The van der Waals surface area contributed by atoms with Crippen LogP contribution in [0.25, 0.3) is 0 Å². The Morgan fingerprint density at radius 1 is 1.11 bits per heavy atom. The SMILES string of the molecule is O=C(O)CCCOc1ccc(CNC(=O)COc2ccc(F)cc2Cl)cc1. The molecule has 2 aromatic rings. The van der Waals surface area contributed by atoms with Gasteiger partial charge in [0.25, 0.3) is 5.91 Å². The minimum atomic E-state index is -0.852. The van der Waals surface area contributed by atoms with Gasteiger partial charge >= 0.3 is 5.97 Å². The van der Waals surface area contributed by atoms with Gasteiger partial charge in [-0.1, -0.05) is 23.7 Å². The molecule has 0 unspecified atom stereocenters. The Balaban J connectivity index is 1.70. The van der Waals surface area contributed by atoms with Crippen LogP contribution in [0, 0.1) is 5.82 Å². The lowest BCUT2D eigenvalue weighted by Crippen LogP contribution is -2.28. The van der Waals surface area contributed by atoms with Crippen LogP contribution in [0.15, 0.2) is 42.5 Å². The number of carboxylic acids is 1. The van der Waals surface area contributed by atoms with Crippen molar-refractivity contribution in [3.8, 4) is 11.5 Å². The number of carboxylic acid groups (broad SMARTS) is 1. The van der Waals surface area contributed by atoms with Crippen molar-refractivity contribution in [2.45, 2.75) is 19.4 Å². The minimum absolute atomic E-state index is 0.0648. The molecule has 0 aliphatic heterocycles. The maximum Gasteiger partial charge on any atom is 0.303 e. The van der Waals surface area contributed by atoms with Crippen molar-refractivity contribution < 1.29 is 28.6 Å². The molecule has 2 aromatic carbocycles. The van der Waals surface area contributed by atoms with E-state index in [0.717, 1.165) is 11.6 Å². The Labute approximate surface area is 160 Å². The van der Waals surface area contributed by atoms with Gasteiger partial charge in [-0.2, -0.15) is 0 Å². The number of amides is 1. The second-order valence-electron chi connectivity index (χ2n) is 5.63. The van der Waals surface area contributed by atoms with Gasteiger partial charge in [-0.15, -0.1) is 0 Å². The molecule has 0 aromatic heterocycles. The van der Waals surface area contributed by atoms with E-state index in [2.05, 4.69) is 5.32 Å². The lowest BCUT2D eigenvalue weighted by molar-refractivity contribution is -0.137. The van der Waals surface area contributed by atoms with Crippen molar-refractivity contribution in [3.05, 3.63) is 58.9 Å². The summed E-state index contributed by atoms with van der Waals surface area (Å²) in [6.45, 7) is 0.389. The number of nitrogens with one attached hydrogen (secondary N) is 1. The zero-order valence-electron chi connectivity index (χ0n) is 14.4. The van der Waals surface area contributed by atoms with Crippen LogP contribution in [-0.2, 0) is 16.1 Å². The summed E-state index contributed by atoms with van der Waals surface area (Å²) in [7, 11) is 0. The summed E-state index contributed by atoms with van der Waals surface area (Å²) in [4.78, 5) is 22.3. The van der Waals surface area contributed by atoms with E-state index >= 15 is 0 Å². The molecule has 0 aliphatic carbocycles. The van der Waals surface area contributed by atoms with Crippen LogP contribution >= 0.6 is 11.6 Å². The first kappa shape index (κ1) is 20.5. The third-order valence-electron chi connectivity index (χ3n) is 3.47. The highest BCUT2D eigenvalue weighted by Gasteiger charge is 2.07. The van der Waals surface area contributed by atoms with Gasteiger partial charge in [-0.05, 0) is 42.3 Å². The van der Waals surface area contributed by atoms with E-state index in [0.29, 0.717) is 25.3 Å². The van der Waals surface area contributed by atoms with E-state index in [1.54, 1.807) is 24.3 Å². The van der Waals surface area contributed by atoms with Crippen molar-refractivity contribution >= 4 is 23.5 Å². The number of benzene rings is 2. The fourth-order valence-electron chi connectivity index (χ4n) is 2.10. The van der Waals surface area contributed by atoms with Crippen LogP contribution in [0.3, 0.4) is 0 Å². The van der Waals surface area contributed by atoms with E-state index < -0.39 is 11.8 Å². The fourth-order valence-corrected chi connectivity index (χ4v) is 2.33. The van der Waals surface area contributed by atoms with Crippen molar-refractivity contribution in [1.29, 1.82) is 0 Å². The lowest BCUT2D eigenvalue weighted by Gasteiger charge is -2.10. The third kappa shape index (κ3) is 7.53. The Hall–Kier alpha value is -2.80. The molecule has 0 atom stereocenters. The number of rotatable bonds is 10. The van der Waals surface area contributed by atoms with E-state index in [1.165, 1.54) is 12.1 Å². The van der Waals surface area contributed by atoms with Crippen LogP contribution in [-0.4, -0.2) is 30.2 Å². The molecular weight excluding hydrogens is 377 g/mol. The molecule has 0 saturated heterocycles. The molecule has 0 fully saturated rings. The normalized spacial score (nSPS) is 10.3. The molecule has 2 N–H and O–H groups in total. The molecule has 0 saturated carbocycles. The lowest BCUT2D eigenvalue weighted by atomic mass is 10.2. The summed E-state index contributed by atoms with van der Waals surface area (Å²) in [5.41, 5.74) is 0.862. The number of carbonyl (C=O) groups excluding carboxylic acids is 1. The van der Waals surface area contributed by atoms with Gasteiger partial charge in [0.15, 0.2) is 6.61 Å². The van der Waals surface area contributed by atoms with Crippen molar-refractivity contribution in [2.24, 2.45) is 0 Å². The molecule has 0 radical (unpaired) electrons. The van der Waals surface area contributed by atoms with Crippen LogP contribution in [0.4, 0.5) is 4.39 Å². The third-order valence-corrected chi connectivity index (χ3v) is 3.76. The quantitative estimate of drug-likeness (QED) is 0.602. The van der Waals surface area contributed by atoms with Crippen LogP contribution in [0.2, 0.25) is 5.02 Å². The van der Waals surface area contributed by atoms with Crippen molar-refractivity contribution in [2.75, 3.05) is 13.2 Å². The number of aliphatic carboxylic acids is 1. The molecular formula is C19H19ClFNO5. The molecule has 0 spiro atoms. The number of halogens is 2. The average molecular weight is 396 g/mol. The van der Waals surface area contributed by atoms with E-state index in [-0.39, 0.29) is 29.7 Å². The Bertz CT molecular complexity index is 782. The predicted octanol–water partition coefficient (Wildman–Crippen LogP) is 3.42. The second kappa shape index (κ2) is 10.4. The van der Waals surface area contributed by atoms with Crippen molar-refractivity contribution in [3.63, 3.8) is 0 Å². The van der Waals surface area contributed by atoms with Crippen LogP contribution in [0.1, 0.15) is 18.4 Å². The zero-order chi connectivity index (χ0) is 19.6. The summed E-state index contributed by atoms with van der Waals surface area (Å²) in [5, 5.41) is 11.4. The summed E-state index contributed by atoms with van der Waals surface area (Å²) < 4.78 is 23.6. The number of hydrogen-bond acceptors (Lipinski definition) is 4. The zero-order valence-corrected chi connectivity index (χ0v) is 15.2. The molecule has 0 bridgehead atoms. The summed E-state index contributed by atoms with van der Waals surface area (Å²) in [6, 6.07) is 10.8. The summed E-state index contributed by atoms with van der Waals surface area (Å²) in [5.74, 6) is -0.812. The minimum Gasteiger partial charge on any atom is -0.494 e. The van der Waals surface area contributed by atoms with E-state index in [4.69, 9.17) is 26.2 Å². The van der Waals surface area contributed by atoms with Gasteiger partial charge < -0.3 is 19.9 Å². The average Bonchev–Trinajstić information content (AvgIpc) is 2.63. The maximum absolute atomic E-state index is 13.0. The van der Waals surface area contributed by atoms with Gasteiger partial charge in [-0.25, -0.2) is 4.39 Å². The maximum atomic E-state index is 13.0. The largest absolute Gasteiger partial charge is 0.494 e. The molecule has 144 valence electrons. The fraction of sp³-hybridized carbons (Fsp3) is 0.263. The predicted molar refractivity (Wildman–Crippen MR) is 97.6 cm³/mol. The monoisotopic (exact) mass is 395 g/mol. The van der Waals surface area contributed by atoms with E-state index in [9.17, 15) is 14.0 Å². The number of carbonyl (C=O) groups is 2. The van der Waals surface area contributed by atoms with Crippen molar-refractivity contribution in [1.82, 2.24) is 5.32 Å².